The number of aromatic nitrogens is 2. The van der Waals surface area contributed by atoms with Gasteiger partial charge in [-0.1, -0.05) is 110 Å². The van der Waals surface area contributed by atoms with E-state index in [-0.39, 0.29) is 12.8 Å². The molecule has 7 rings (SSSR count). The number of rotatable bonds is 12. The lowest BCUT2D eigenvalue weighted by Gasteiger charge is -2.37. The smallest absolute Gasteiger partial charge is 0.152 e. The number of hydrogen-bond acceptors (Lipinski definition) is 7. The molecule has 0 saturated carbocycles. The van der Waals surface area contributed by atoms with Crippen LogP contribution in [0.5, 0.6) is 5.75 Å². The summed E-state index contributed by atoms with van der Waals surface area (Å²) >= 11 is 6.45. The fraction of sp³-hybridized carbons (Fsp3) is 0.214. The number of anilines is 3. The second kappa shape index (κ2) is 15.3. The van der Waals surface area contributed by atoms with Gasteiger partial charge in [-0.15, -0.1) is 0 Å². The third-order valence-corrected chi connectivity index (χ3v) is 9.73. The Labute approximate surface area is 305 Å². The zero-order valence-corrected chi connectivity index (χ0v) is 30.0. The normalized spacial score (nSPS) is 14.8. The summed E-state index contributed by atoms with van der Waals surface area (Å²) in [6.07, 6.45) is 2.68. The highest BCUT2D eigenvalue weighted by atomic mass is 35.5. The van der Waals surface area contributed by atoms with Gasteiger partial charge >= 0.3 is 0 Å². The van der Waals surface area contributed by atoms with Crippen molar-refractivity contribution in [3.8, 4) is 16.9 Å². The van der Waals surface area contributed by atoms with Gasteiger partial charge in [0.1, 0.15) is 17.7 Å². The maximum absolute atomic E-state index is 10.1. The van der Waals surface area contributed by atoms with E-state index in [0.29, 0.717) is 17.4 Å². The van der Waals surface area contributed by atoms with Gasteiger partial charge in [0.2, 0.25) is 0 Å². The number of nitrogens with zero attached hydrogens (tertiary/aromatic N) is 6. The van der Waals surface area contributed by atoms with E-state index in [0.717, 1.165) is 70.2 Å². The molecule has 0 radical (unpaired) electrons. The predicted octanol–water partition coefficient (Wildman–Crippen LogP) is 9.30. The molecule has 0 aliphatic carbocycles. The fourth-order valence-electron chi connectivity index (χ4n) is 6.88. The van der Waals surface area contributed by atoms with E-state index >= 15 is 0 Å². The molecular weight excluding hydrogens is 656 g/mol. The zero-order valence-electron chi connectivity index (χ0n) is 29.2. The van der Waals surface area contributed by atoms with Gasteiger partial charge in [-0.2, -0.15) is 15.2 Å². The Bertz CT molecular complexity index is 2040. The number of unbranched alkanes of at least 4 members (excludes halogenated alkanes) is 1. The molecule has 1 aromatic heterocycles. The van der Waals surface area contributed by atoms with Crippen molar-refractivity contribution in [3.05, 3.63) is 161 Å². The van der Waals surface area contributed by atoms with E-state index < -0.39 is 0 Å². The molecule has 0 spiro atoms. The first-order chi connectivity index (χ1) is 25.0. The predicted molar refractivity (Wildman–Crippen MR) is 207 cm³/mol. The van der Waals surface area contributed by atoms with Crippen LogP contribution in [-0.4, -0.2) is 33.8 Å². The van der Waals surface area contributed by atoms with Gasteiger partial charge < -0.3 is 14.4 Å². The molecule has 1 fully saturated rings. The summed E-state index contributed by atoms with van der Waals surface area (Å²) in [5.74, 6) is 1.72. The summed E-state index contributed by atoms with van der Waals surface area (Å²) in [5.41, 5.74) is 8.24. The number of ether oxygens (including phenoxy) is 1. The Morgan fingerprint density at radius 3 is 2.02 bits per heavy atom. The number of imidazole rings is 1. The number of aliphatic hydroxyl groups is 1. The monoisotopic (exact) mass is 698 g/mol. The molecule has 0 amide bonds. The van der Waals surface area contributed by atoms with Crippen molar-refractivity contribution >= 4 is 28.7 Å². The molecule has 0 bridgehead atoms. The fourth-order valence-corrected chi connectivity index (χ4v) is 7.14. The van der Waals surface area contributed by atoms with E-state index in [1.165, 1.54) is 0 Å². The molecule has 260 valence electrons. The number of para-hydroxylation sites is 2. The van der Waals surface area contributed by atoms with Gasteiger partial charge in [-0.3, -0.25) is 0 Å². The number of hydrazine groups is 3. The highest BCUT2D eigenvalue weighted by molar-refractivity contribution is 6.30. The Kier molecular flexibility index (Phi) is 10.3. The van der Waals surface area contributed by atoms with Gasteiger partial charge in [-0.05, 0) is 71.6 Å². The summed E-state index contributed by atoms with van der Waals surface area (Å²) in [7, 11) is 3.83. The van der Waals surface area contributed by atoms with Crippen LogP contribution in [0.15, 0.2) is 133 Å². The van der Waals surface area contributed by atoms with E-state index in [2.05, 4.69) is 159 Å². The highest BCUT2D eigenvalue weighted by Crippen LogP contribution is 2.45. The Balaban J connectivity index is 1.30. The van der Waals surface area contributed by atoms with Crippen LogP contribution in [0.1, 0.15) is 48.6 Å². The second-order valence-corrected chi connectivity index (χ2v) is 13.0. The topological polar surface area (TPSA) is 60.2 Å². The minimum absolute atomic E-state index is 0.149. The zero-order chi connectivity index (χ0) is 35.3. The van der Waals surface area contributed by atoms with Gasteiger partial charge in [0.25, 0.3) is 0 Å². The first-order valence-corrected chi connectivity index (χ1v) is 17.8. The molecule has 8 nitrogen and oxygen atoms in total. The van der Waals surface area contributed by atoms with Crippen molar-refractivity contribution in [2.75, 3.05) is 29.4 Å². The molecule has 1 atom stereocenters. The number of halogens is 1. The van der Waals surface area contributed by atoms with Gasteiger partial charge in [0.15, 0.2) is 5.15 Å². The van der Waals surface area contributed by atoms with Crippen LogP contribution in [0, 0.1) is 0 Å². The average molecular weight is 699 g/mol. The quantitative estimate of drug-likeness (QED) is 0.137. The molecule has 9 heteroatoms. The second-order valence-electron chi connectivity index (χ2n) is 12.6. The van der Waals surface area contributed by atoms with Gasteiger partial charge in [0, 0.05) is 25.6 Å². The van der Waals surface area contributed by atoms with Crippen molar-refractivity contribution in [1.29, 1.82) is 0 Å². The lowest BCUT2D eigenvalue weighted by molar-refractivity contribution is 0.271. The molecule has 6 aromatic rings. The first-order valence-electron chi connectivity index (χ1n) is 17.4. The van der Waals surface area contributed by atoms with Crippen LogP contribution >= 0.6 is 11.6 Å². The van der Waals surface area contributed by atoms with Crippen LogP contribution in [0.2, 0.25) is 5.15 Å². The standard InChI is InChI=1S/C42H43ClN6O2/c1-4-5-20-40-44-41(43)39(30-50)46(40)29-31-21-23-32(24-22-31)37-18-12-13-19-38(37)42-45(2)48(35-25-27-36(51-3)28-26-35)49(34-16-10-7-11-17-34)47(42)33-14-8-6-9-15-33/h6-19,21-28,42,50H,4-5,20,29-30H2,1-3H3. The molecule has 5 aromatic carbocycles. The van der Waals surface area contributed by atoms with Crippen molar-refractivity contribution in [2.45, 2.75) is 45.5 Å². The SMILES string of the molecule is CCCCc1nc(Cl)c(CO)n1Cc1ccc(-c2ccccc2C2N(C)N(c3ccc(OC)cc3)N(c3ccccc3)N2c2ccccc2)cc1. The number of benzene rings is 5. The molecule has 1 N–H and O–H groups in total. The van der Waals surface area contributed by atoms with Crippen molar-refractivity contribution < 1.29 is 9.84 Å². The molecule has 1 saturated heterocycles. The van der Waals surface area contributed by atoms with E-state index in [1.807, 2.05) is 18.2 Å². The minimum Gasteiger partial charge on any atom is -0.497 e. The summed E-state index contributed by atoms with van der Waals surface area (Å²) in [6.45, 7) is 2.60. The Hall–Kier alpha value is -5.28. The minimum atomic E-state index is -0.216. The number of methoxy groups -OCH3 is 1. The molecule has 51 heavy (non-hydrogen) atoms. The van der Waals surface area contributed by atoms with E-state index in [4.69, 9.17) is 16.3 Å². The highest BCUT2D eigenvalue weighted by Gasteiger charge is 2.45. The number of aliphatic hydroxyl groups excluding tert-OH is 1. The van der Waals surface area contributed by atoms with Crippen LogP contribution in [-0.2, 0) is 19.6 Å². The van der Waals surface area contributed by atoms with E-state index in [9.17, 15) is 5.11 Å². The largest absolute Gasteiger partial charge is 0.497 e. The van der Waals surface area contributed by atoms with Gasteiger partial charge in [0.05, 0.1) is 36.5 Å². The molecule has 1 aliphatic rings. The number of aryl methyl sites for hydroxylation is 1. The molecular formula is C42H43ClN6O2. The third-order valence-electron chi connectivity index (χ3n) is 9.43. The molecule has 2 heterocycles. The summed E-state index contributed by atoms with van der Waals surface area (Å²) in [6, 6.07) is 46.5. The lowest BCUT2D eigenvalue weighted by Crippen LogP contribution is -2.47. The number of hydrogen-bond donors (Lipinski definition) is 1. The van der Waals surface area contributed by atoms with Crippen LogP contribution < -0.4 is 20.0 Å². The van der Waals surface area contributed by atoms with Crippen LogP contribution in [0.25, 0.3) is 11.1 Å². The maximum Gasteiger partial charge on any atom is 0.152 e. The van der Waals surface area contributed by atoms with Crippen LogP contribution in [0.3, 0.4) is 0 Å². The van der Waals surface area contributed by atoms with Crippen molar-refractivity contribution in [2.24, 2.45) is 0 Å². The van der Waals surface area contributed by atoms with E-state index in [1.54, 1.807) is 7.11 Å². The summed E-state index contributed by atoms with van der Waals surface area (Å²) in [5, 5.41) is 19.6. The molecule has 1 unspecified atom stereocenters. The Morgan fingerprint density at radius 2 is 1.37 bits per heavy atom. The summed E-state index contributed by atoms with van der Waals surface area (Å²) < 4.78 is 7.58. The lowest BCUT2D eigenvalue weighted by atomic mass is 9.96. The summed E-state index contributed by atoms with van der Waals surface area (Å²) in [4.78, 5) is 4.58. The average Bonchev–Trinajstić information content (AvgIpc) is 3.66. The maximum atomic E-state index is 10.1. The first kappa shape index (κ1) is 34.2. The van der Waals surface area contributed by atoms with Gasteiger partial charge in [-0.25, -0.2) is 9.99 Å². The third kappa shape index (κ3) is 6.78. The van der Waals surface area contributed by atoms with Crippen LogP contribution in [0.4, 0.5) is 17.1 Å². The van der Waals surface area contributed by atoms with Crippen molar-refractivity contribution in [1.82, 2.24) is 14.6 Å². The van der Waals surface area contributed by atoms with Crippen molar-refractivity contribution in [3.63, 3.8) is 0 Å². The molecule has 1 aliphatic heterocycles. The Morgan fingerprint density at radius 1 is 0.745 bits per heavy atom.